The van der Waals surface area contributed by atoms with Gasteiger partial charge in [-0.2, -0.15) is 0 Å². The van der Waals surface area contributed by atoms with Gasteiger partial charge in [0, 0.05) is 38.8 Å². The fourth-order valence-corrected chi connectivity index (χ4v) is 4.84. The molecule has 2 aliphatic rings. The molecule has 0 aromatic carbocycles. The molecule has 0 saturated carbocycles. The van der Waals surface area contributed by atoms with Gasteiger partial charge in [-0.25, -0.2) is 0 Å². The van der Waals surface area contributed by atoms with Crippen molar-refractivity contribution in [3.8, 4) is 0 Å². The van der Waals surface area contributed by atoms with E-state index in [1.807, 2.05) is 14.0 Å². The summed E-state index contributed by atoms with van der Waals surface area (Å²) in [6, 6.07) is 1.18. The summed E-state index contributed by atoms with van der Waals surface area (Å²) in [6.45, 7) is 10.9. The second-order valence-electron chi connectivity index (χ2n) is 7.17. The largest absolute Gasteiger partial charge is 0.383 e. The highest BCUT2D eigenvalue weighted by Crippen LogP contribution is 2.45. The molecule has 3 heterocycles. The average Bonchev–Trinajstić information content (AvgIpc) is 3.05. The Morgan fingerprint density at radius 1 is 1.32 bits per heavy atom. The molecule has 3 rings (SSSR count). The summed E-state index contributed by atoms with van der Waals surface area (Å²) in [4.78, 5) is 5.06. The minimum absolute atomic E-state index is 0.476. The van der Waals surface area contributed by atoms with Gasteiger partial charge in [0.05, 0.1) is 6.61 Å². The summed E-state index contributed by atoms with van der Waals surface area (Å²) >= 11 is 1.71. The zero-order valence-electron chi connectivity index (χ0n) is 14.2. The average molecular weight is 324 g/mol. The van der Waals surface area contributed by atoms with Crippen LogP contribution >= 0.6 is 11.3 Å². The minimum atomic E-state index is 0.476. The van der Waals surface area contributed by atoms with E-state index in [-0.39, 0.29) is 0 Å². The number of anilines is 1. The predicted octanol–water partition coefficient (Wildman–Crippen LogP) is 2.56. The minimum Gasteiger partial charge on any atom is -0.383 e. The van der Waals surface area contributed by atoms with Gasteiger partial charge >= 0.3 is 0 Å². The molecule has 124 valence electrons. The van der Waals surface area contributed by atoms with E-state index in [4.69, 9.17) is 4.74 Å². The van der Waals surface area contributed by atoms with Crippen molar-refractivity contribution < 1.29 is 4.74 Å². The Labute approximate surface area is 137 Å². The molecule has 2 saturated heterocycles. The number of hydrogen-bond donors (Lipinski definition) is 0. The van der Waals surface area contributed by atoms with Crippen LogP contribution in [0.4, 0.5) is 5.13 Å². The maximum Gasteiger partial charge on any atom is 0.208 e. The molecule has 2 fully saturated rings. The van der Waals surface area contributed by atoms with Crippen LogP contribution in [-0.4, -0.2) is 60.5 Å². The van der Waals surface area contributed by atoms with Crippen LogP contribution in [0.5, 0.6) is 0 Å². The zero-order chi connectivity index (χ0) is 15.7. The lowest BCUT2D eigenvalue weighted by Gasteiger charge is -2.39. The van der Waals surface area contributed by atoms with E-state index in [9.17, 15) is 0 Å². The van der Waals surface area contributed by atoms with Crippen molar-refractivity contribution in [2.24, 2.45) is 5.41 Å². The highest BCUT2D eigenvalue weighted by Gasteiger charge is 2.46. The van der Waals surface area contributed by atoms with Crippen molar-refractivity contribution >= 4 is 16.5 Å². The Kier molecular flexibility index (Phi) is 4.71. The second kappa shape index (κ2) is 6.42. The maximum atomic E-state index is 5.46. The first-order chi connectivity index (χ1) is 10.5. The summed E-state index contributed by atoms with van der Waals surface area (Å²) in [5.41, 5.74) is 0.476. The SMILES string of the molecule is COC[C@@H]1CC2(CCN(c3nnc(C)s3)CC2)CN1C(C)C. The molecular weight excluding hydrogens is 296 g/mol. The third-order valence-electron chi connectivity index (χ3n) is 5.29. The number of aryl methyl sites for hydroxylation is 1. The van der Waals surface area contributed by atoms with Gasteiger partial charge in [-0.1, -0.05) is 11.3 Å². The molecule has 5 nitrogen and oxygen atoms in total. The number of ether oxygens (including phenoxy) is 1. The van der Waals surface area contributed by atoms with Gasteiger partial charge in [-0.3, -0.25) is 4.90 Å². The lowest BCUT2D eigenvalue weighted by atomic mass is 9.77. The summed E-state index contributed by atoms with van der Waals surface area (Å²) in [5.74, 6) is 0. The molecule has 0 N–H and O–H groups in total. The number of rotatable bonds is 4. The highest BCUT2D eigenvalue weighted by atomic mass is 32.1. The van der Waals surface area contributed by atoms with Gasteiger partial charge in [0.1, 0.15) is 5.01 Å². The van der Waals surface area contributed by atoms with Crippen LogP contribution in [0.3, 0.4) is 0 Å². The highest BCUT2D eigenvalue weighted by molar-refractivity contribution is 7.15. The van der Waals surface area contributed by atoms with Crippen LogP contribution < -0.4 is 4.90 Å². The molecule has 2 aliphatic heterocycles. The van der Waals surface area contributed by atoms with Gasteiger partial charge in [0.25, 0.3) is 0 Å². The number of methoxy groups -OCH3 is 1. The van der Waals surface area contributed by atoms with Gasteiger partial charge < -0.3 is 9.64 Å². The normalized spacial score (nSPS) is 25.5. The van der Waals surface area contributed by atoms with Crippen LogP contribution in [0, 0.1) is 12.3 Å². The van der Waals surface area contributed by atoms with E-state index in [1.54, 1.807) is 11.3 Å². The quantitative estimate of drug-likeness (QED) is 0.851. The van der Waals surface area contributed by atoms with Crippen molar-refractivity contribution in [2.75, 3.05) is 38.3 Å². The lowest BCUT2D eigenvalue weighted by Crippen LogP contribution is -2.42. The molecule has 1 spiro atoms. The lowest BCUT2D eigenvalue weighted by molar-refractivity contribution is 0.0975. The molecule has 0 unspecified atom stereocenters. The molecule has 0 bridgehead atoms. The molecule has 22 heavy (non-hydrogen) atoms. The van der Waals surface area contributed by atoms with Crippen LogP contribution in [-0.2, 0) is 4.74 Å². The van der Waals surface area contributed by atoms with E-state index in [2.05, 4.69) is 33.8 Å². The number of hydrogen-bond acceptors (Lipinski definition) is 6. The first kappa shape index (κ1) is 16.1. The molecule has 6 heteroatoms. The van der Waals surface area contributed by atoms with Crippen molar-refractivity contribution in [3.63, 3.8) is 0 Å². The van der Waals surface area contributed by atoms with Gasteiger partial charge in [-0.15, -0.1) is 10.2 Å². The summed E-state index contributed by atoms with van der Waals surface area (Å²) in [7, 11) is 1.82. The van der Waals surface area contributed by atoms with E-state index < -0.39 is 0 Å². The van der Waals surface area contributed by atoms with Gasteiger partial charge in [0.2, 0.25) is 5.13 Å². The zero-order valence-corrected chi connectivity index (χ0v) is 15.0. The number of aromatic nitrogens is 2. The first-order valence-corrected chi connectivity index (χ1v) is 9.14. The Bertz CT molecular complexity index is 496. The Balaban J connectivity index is 1.64. The van der Waals surface area contributed by atoms with Crippen LogP contribution in [0.1, 0.15) is 38.1 Å². The van der Waals surface area contributed by atoms with E-state index in [0.29, 0.717) is 17.5 Å². The van der Waals surface area contributed by atoms with Crippen molar-refractivity contribution in [2.45, 2.75) is 52.1 Å². The fourth-order valence-electron chi connectivity index (χ4n) is 4.10. The molecule has 1 aromatic heterocycles. The number of piperidine rings is 1. The standard InChI is InChI=1S/C16H28N4OS/c1-12(2)20-11-16(9-14(20)10-21-4)5-7-19(8-6-16)15-18-17-13(3)22-15/h12,14H,5-11H2,1-4H3/t14-/m0/s1. The second-order valence-corrected chi connectivity index (χ2v) is 8.33. The van der Waals surface area contributed by atoms with Crippen molar-refractivity contribution in [1.82, 2.24) is 15.1 Å². The van der Waals surface area contributed by atoms with Crippen LogP contribution in [0.2, 0.25) is 0 Å². The fraction of sp³-hybridized carbons (Fsp3) is 0.875. The Hall–Kier alpha value is -0.720. The predicted molar refractivity (Wildman–Crippen MR) is 90.6 cm³/mol. The Morgan fingerprint density at radius 3 is 2.59 bits per heavy atom. The summed E-state index contributed by atoms with van der Waals surface area (Å²) in [6.07, 6.45) is 3.80. The molecule has 0 amide bonds. The molecule has 1 aromatic rings. The van der Waals surface area contributed by atoms with E-state index in [0.717, 1.165) is 29.8 Å². The van der Waals surface area contributed by atoms with Crippen LogP contribution in [0.25, 0.3) is 0 Å². The number of nitrogens with zero attached hydrogens (tertiary/aromatic N) is 4. The summed E-state index contributed by atoms with van der Waals surface area (Å²) < 4.78 is 5.46. The monoisotopic (exact) mass is 324 g/mol. The van der Waals surface area contributed by atoms with E-state index >= 15 is 0 Å². The van der Waals surface area contributed by atoms with Gasteiger partial charge in [-0.05, 0) is 45.4 Å². The molecule has 0 aliphatic carbocycles. The summed E-state index contributed by atoms with van der Waals surface area (Å²) in [5, 5.41) is 10.6. The third kappa shape index (κ3) is 3.14. The molecular formula is C16H28N4OS. The van der Waals surface area contributed by atoms with Crippen molar-refractivity contribution in [3.05, 3.63) is 5.01 Å². The molecule has 1 atom stereocenters. The number of likely N-dealkylation sites (tertiary alicyclic amines) is 1. The maximum absolute atomic E-state index is 5.46. The van der Waals surface area contributed by atoms with Gasteiger partial charge in [0.15, 0.2) is 0 Å². The smallest absolute Gasteiger partial charge is 0.208 e. The topological polar surface area (TPSA) is 41.5 Å². The third-order valence-corrected chi connectivity index (χ3v) is 6.19. The van der Waals surface area contributed by atoms with Crippen LogP contribution in [0.15, 0.2) is 0 Å². The Morgan fingerprint density at radius 2 is 2.05 bits per heavy atom. The van der Waals surface area contributed by atoms with Crippen molar-refractivity contribution in [1.29, 1.82) is 0 Å². The molecule has 0 radical (unpaired) electrons. The first-order valence-electron chi connectivity index (χ1n) is 8.33. The van der Waals surface area contributed by atoms with E-state index in [1.165, 1.54) is 25.8 Å².